The maximum absolute atomic E-state index is 11.9. The normalized spacial score (nSPS) is 27.3. The van der Waals surface area contributed by atoms with Gasteiger partial charge in [0.15, 0.2) is 0 Å². The van der Waals surface area contributed by atoms with Crippen molar-refractivity contribution in [2.75, 3.05) is 6.54 Å². The SMILES string of the molecule is CC(=O)N1C(CNC(C)(C)C)CCCC12CC2. The number of nitrogens with one attached hydrogen (secondary N) is 1. The lowest BCUT2D eigenvalue weighted by atomic mass is 9.92. The zero-order valence-corrected chi connectivity index (χ0v) is 11.7. The van der Waals surface area contributed by atoms with Crippen LogP contribution >= 0.6 is 0 Å². The first-order valence-electron chi connectivity index (χ1n) is 6.89. The highest BCUT2D eigenvalue weighted by atomic mass is 16.2. The van der Waals surface area contributed by atoms with Crippen LogP contribution in [0.25, 0.3) is 0 Å². The summed E-state index contributed by atoms with van der Waals surface area (Å²) in [6, 6.07) is 0.406. The molecule has 1 N–H and O–H groups in total. The summed E-state index contributed by atoms with van der Waals surface area (Å²) in [5.74, 6) is 0.267. The molecular weight excluding hydrogens is 212 g/mol. The van der Waals surface area contributed by atoms with Crippen LogP contribution in [0.15, 0.2) is 0 Å². The number of amides is 1. The number of nitrogens with zero attached hydrogens (tertiary/aromatic N) is 1. The van der Waals surface area contributed by atoms with Gasteiger partial charge >= 0.3 is 0 Å². The van der Waals surface area contributed by atoms with Crippen LogP contribution < -0.4 is 5.32 Å². The Labute approximate surface area is 105 Å². The molecule has 1 amide bonds. The van der Waals surface area contributed by atoms with Crippen molar-refractivity contribution in [3.05, 3.63) is 0 Å². The number of rotatable bonds is 2. The zero-order chi connectivity index (χ0) is 12.7. The van der Waals surface area contributed by atoms with Crippen molar-refractivity contribution >= 4 is 5.91 Å². The van der Waals surface area contributed by atoms with Crippen LogP contribution in [0.3, 0.4) is 0 Å². The highest BCUT2D eigenvalue weighted by molar-refractivity contribution is 5.75. The van der Waals surface area contributed by atoms with E-state index < -0.39 is 0 Å². The highest BCUT2D eigenvalue weighted by Crippen LogP contribution is 2.50. The van der Waals surface area contributed by atoms with E-state index in [9.17, 15) is 4.79 Å². The molecule has 0 aromatic rings. The first-order valence-corrected chi connectivity index (χ1v) is 6.89. The predicted octanol–water partition coefficient (Wildman–Crippen LogP) is 2.31. The molecular formula is C14H26N2O. The van der Waals surface area contributed by atoms with Gasteiger partial charge in [0.2, 0.25) is 5.91 Å². The van der Waals surface area contributed by atoms with Gasteiger partial charge in [-0.15, -0.1) is 0 Å². The molecule has 1 aliphatic heterocycles. The van der Waals surface area contributed by atoms with Gasteiger partial charge < -0.3 is 10.2 Å². The van der Waals surface area contributed by atoms with Gasteiger partial charge in [-0.3, -0.25) is 4.79 Å². The standard InChI is InChI=1S/C14H26N2O/c1-11(17)16-12(10-15-13(2,3)4)6-5-7-14(16)8-9-14/h12,15H,5-10H2,1-4H3. The zero-order valence-electron chi connectivity index (χ0n) is 11.7. The smallest absolute Gasteiger partial charge is 0.220 e. The minimum Gasteiger partial charge on any atom is -0.333 e. The van der Waals surface area contributed by atoms with Gasteiger partial charge in [-0.1, -0.05) is 0 Å². The molecule has 2 rings (SSSR count). The lowest BCUT2D eigenvalue weighted by Crippen LogP contribution is -2.56. The van der Waals surface area contributed by atoms with E-state index in [4.69, 9.17) is 0 Å². The van der Waals surface area contributed by atoms with Crippen LogP contribution in [0.4, 0.5) is 0 Å². The summed E-state index contributed by atoms with van der Waals surface area (Å²) in [4.78, 5) is 14.1. The summed E-state index contributed by atoms with van der Waals surface area (Å²) in [5.41, 5.74) is 0.394. The molecule has 98 valence electrons. The van der Waals surface area contributed by atoms with Gasteiger partial charge in [-0.2, -0.15) is 0 Å². The van der Waals surface area contributed by atoms with E-state index in [1.165, 1.54) is 25.7 Å². The molecule has 1 spiro atoms. The lowest BCUT2D eigenvalue weighted by Gasteiger charge is -2.43. The van der Waals surface area contributed by atoms with Gasteiger partial charge in [0.05, 0.1) is 0 Å². The van der Waals surface area contributed by atoms with Crippen LogP contribution in [0.5, 0.6) is 0 Å². The summed E-state index contributed by atoms with van der Waals surface area (Å²) in [6.07, 6.45) is 6.10. The van der Waals surface area contributed by atoms with Gasteiger partial charge in [0.25, 0.3) is 0 Å². The van der Waals surface area contributed by atoms with E-state index in [0.717, 1.165) is 13.0 Å². The minimum atomic E-state index is 0.136. The topological polar surface area (TPSA) is 32.3 Å². The van der Waals surface area contributed by atoms with Crippen molar-refractivity contribution in [1.29, 1.82) is 0 Å². The number of likely N-dealkylation sites (tertiary alicyclic amines) is 1. The third-order valence-corrected chi connectivity index (χ3v) is 4.09. The van der Waals surface area contributed by atoms with E-state index in [1.807, 2.05) is 0 Å². The molecule has 17 heavy (non-hydrogen) atoms. The molecule has 2 aliphatic rings. The molecule has 3 nitrogen and oxygen atoms in total. The van der Waals surface area contributed by atoms with Crippen molar-refractivity contribution in [2.24, 2.45) is 0 Å². The van der Waals surface area contributed by atoms with Crippen LogP contribution in [-0.4, -0.2) is 34.5 Å². The molecule has 0 radical (unpaired) electrons. The molecule has 1 saturated heterocycles. The Bertz CT molecular complexity index is 302. The van der Waals surface area contributed by atoms with Gasteiger partial charge in [-0.05, 0) is 52.9 Å². The summed E-state index contributed by atoms with van der Waals surface area (Å²) in [6.45, 7) is 9.21. The van der Waals surface area contributed by atoms with E-state index >= 15 is 0 Å². The van der Waals surface area contributed by atoms with Crippen molar-refractivity contribution in [3.8, 4) is 0 Å². The van der Waals surface area contributed by atoms with E-state index in [0.29, 0.717) is 6.04 Å². The Hall–Kier alpha value is -0.570. The number of hydrogen-bond donors (Lipinski definition) is 1. The summed E-state index contributed by atoms with van der Waals surface area (Å²) in [7, 11) is 0. The average Bonchev–Trinajstić information content (AvgIpc) is 2.93. The summed E-state index contributed by atoms with van der Waals surface area (Å²) < 4.78 is 0. The first kappa shape index (κ1) is 12.9. The minimum absolute atomic E-state index is 0.136. The molecule has 1 atom stereocenters. The molecule has 1 heterocycles. The maximum atomic E-state index is 11.9. The number of piperidine rings is 1. The Kier molecular flexibility index (Phi) is 3.23. The number of carbonyl (C=O) groups excluding carboxylic acids is 1. The maximum Gasteiger partial charge on any atom is 0.220 e. The van der Waals surface area contributed by atoms with Crippen molar-refractivity contribution in [1.82, 2.24) is 10.2 Å². The van der Waals surface area contributed by atoms with E-state index in [-0.39, 0.29) is 17.0 Å². The number of hydrogen-bond acceptors (Lipinski definition) is 2. The molecule has 1 unspecified atom stereocenters. The lowest BCUT2D eigenvalue weighted by molar-refractivity contribution is -0.137. The third-order valence-electron chi connectivity index (χ3n) is 4.09. The monoisotopic (exact) mass is 238 g/mol. The van der Waals surface area contributed by atoms with E-state index in [2.05, 4.69) is 31.0 Å². The van der Waals surface area contributed by atoms with Crippen LogP contribution in [0.2, 0.25) is 0 Å². The molecule has 0 aromatic heterocycles. The molecule has 2 fully saturated rings. The Morgan fingerprint density at radius 2 is 2.00 bits per heavy atom. The second-order valence-corrected chi connectivity index (χ2v) is 6.79. The van der Waals surface area contributed by atoms with Crippen LogP contribution in [0, 0.1) is 0 Å². The Balaban J connectivity index is 2.01. The molecule has 1 saturated carbocycles. The first-order chi connectivity index (χ1) is 7.84. The third kappa shape index (κ3) is 2.82. The van der Waals surface area contributed by atoms with Crippen molar-refractivity contribution in [3.63, 3.8) is 0 Å². The molecule has 0 bridgehead atoms. The van der Waals surface area contributed by atoms with E-state index in [1.54, 1.807) is 6.92 Å². The van der Waals surface area contributed by atoms with Gasteiger partial charge in [-0.25, -0.2) is 0 Å². The van der Waals surface area contributed by atoms with Crippen molar-refractivity contribution < 1.29 is 4.79 Å². The molecule has 0 aromatic carbocycles. The fourth-order valence-corrected chi connectivity index (χ4v) is 3.15. The summed E-state index contributed by atoms with van der Waals surface area (Å²) in [5, 5.41) is 3.55. The van der Waals surface area contributed by atoms with Crippen molar-refractivity contribution in [2.45, 2.75) is 76.9 Å². The number of carbonyl (C=O) groups is 1. The summed E-state index contributed by atoms with van der Waals surface area (Å²) >= 11 is 0. The quantitative estimate of drug-likeness (QED) is 0.800. The van der Waals surface area contributed by atoms with Crippen LogP contribution in [0.1, 0.15) is 59.8 Å². The Morgan fingerprint density at radius 3 is 2.47 bits per heavy atom. The largest absolute Gasteiger partial charge is 0.333 e. The molecule has 3 heteroatoms. The predicted molar refractivity (Wildman–Crippen MR) is 69.9 cm³/mol. The average molecular weight is 238 g/mol. The van der Waals surface area contributed by atoms with Gasteiger partial charge in [0, 0.05) is 30.6 Å². The van der Waals surface area contributed by atoms with Crippen LogP contribution in [-0.2, 0) is 4.79 Å². The fraction of sp³-hybridized carbons (Fsp3) is 0.929. The van der Waals surface area contributed by atoms with Gasteiger partial charge in [0.1, 0.15) is 0 Å². The fourth-order valence-electron chi connectivity index (χ4n) is 3.15. The Morgan fingerprint density at radius 1 is 1.35 bits per heavy atom. The second-order valence-electron chi connectivity index (χ2n) is 6.79. The molecule has 1 aliphatic carbocycles. The highest BCUT2D eigenvalue weighted by Gasteiger charge is 2.53. The second kappa shape index (κ2) is 4.27.